The summed E-state index contributed by atoms with van der Waals surface area (Å²) in [6.45, 7) is 9.61. The van der Waals surface area contributed by atoms with Crippen LogP contribution in [-0.2, 0) is 14.3 Å². The third kappa shape index (κ3) is 3.24. The molecule has 30 heavy (non-hydrogen) atoms. The predicted octanol–water partition coefficient (Wildman–Crippen LogP) is 4.70. The number of aliphatic carboxylic acids is 1. The Hall–Kier alpha value is -1.62. The molecule has 3 aliphatic carbocycles. The molecular weight excluding hydrogens is 380 g/mol. The quantitative estimate of drug-likeness (QED) is 0.651. The van der Waals surface area contributed by atoms with Gasteiger partial charge in [-0.05, 0) is 72.5 Å². The number of carbonyl (C=O) groups is 2. The van der Waals surface area contributed by atoms with Gasteiger partial charge in [0.1, 0.15) is 0 Å². The zero-order chi connectivity index (χ0) is 21.9. The van der Waals surface area contributed by atoms with Crippen molar-refractivity contribution >= 4 is 11.9 Å². The molecule has 3 fully saturated rings. The third-order valence-electron chi connectivity index (χ3n) is 9.41. The SMILES string of the molecule is CC1(C)CCC[C@]2(C)[C@H]3CC[C@H](C(=O)O)[C@@H](/C=C/C4=CC(=O)OC4O)[C@]3(C)CC[C@@H]12. The smallest absolute Gasteiger partial charge is 0.333 e. The van der Waals surface area contributed by atoms with Crippen molar-refractivity contribution < 1.29 is 24.5 Å². The Bertz CT molecular complexity index is 795. The zero-order valence-corrected chi connectivity index (χ0v) is 18.7. The Morgan fingerprint density at radius 2 is 1.80 bits per heavy atom. The molecular formula is C25H36O5. The van der Waals surface area contributed by atoms with E-state index in [-0.39, 0.29) is 16.7 Å². The number of carboxylic acid groups (broad SMARTS) is 1. The topological polar surface area (TPSA) is 83.8 Å². The fourth-order valence-electron chi connectivity index (χ4n) is 8.13. The minimum absolute atomic E-state index is 0.106. The van der Waals surface area contributed by atoms with Crippen LogP contribution in [0.1, 0.15) is 72.6 Å². The number of aliphatic hydroxyl groups is 1. The summed E-state index contributed by atoms with van der Waals surface area (Å²) in [5.74, 6) is -0.700. The minimum atomic E-state index is -1.25. The van der Waals surface area contributed by atoms with Crippen LogP contribution in [0, 0.1) is 39.9 Å². The molecule has 0 aromatic carbocycles. The number of hydrogen-bond donors (Lipinski definition) is 2. The number of ether oxygens (including phenoxy) is 1. The van der Waals surface area contributed by atoms with E-state index < -0.39 is 24.1 Å². The van der Waals surface area contributed by atoms with Gasteiger partial charge in [0.05, 0.1) is 5.92 Å². The molecule has 0 aromatic heterocycles. The summed E-state index contributed by atoms with van der Waals surface area (Å²) in [5, 5.41) is 19.9. The van der Waals surface area contributed by atoms with E-state index in [4.69, 9.17) is 4.74 Å². The van der Waals surface area contributed by atoms with Crippen LogP contribution in [-0.4, -0.2) is 28.4 Å². The third-order valence-corrected chi connectivity index (χ3v) is 9.41. The number of cyclic esters (lactones) is 1. The van der Waals surface area contributed by atoms with Crippen LogP contribution in [0.2, 0.25) is 0 Å². The number of rotatable bonds is 3. The Labute approximate surface area is 179 Å². The van der Waals surface area contributed by atoms with Gasteiger partial charge in [-0.25, -0.2) is 4.79 Å². The molecule has 5 heteroatoms. The first-order valence-corrected chi connectivity index (χ1v) is 11.5. The van der Waals surface area contributed by atoms with Crippen LogP contribution < -0.4 is 0 Å². The van der Waals surface area contributed by atoms with Gasteiger partial charge in [-0.15, -0.1) is 0 Å². The van der Waals surface area contributed by atoms with Crippen molar-refractivity contribution in [3.05, 3.63) is 23.8 Å². The Kier molecular flexibility index (Phi) is 5.20. The van der Waals surface area contributed by atoms with Crippen LogP contribution in [0.25, 0.3) is 0 Å². The molecule has 5 nitrogen and oxygen atoms in total. The van der Waals surface area contributed by atoms with Gasteiger partial charge in [0, 0.05) is 11.6 Å². The highest BCUT2D eigenvalue weighted by Crippen LogP contribution is 2.69. The second-order valence-corrected chi connectivity index (χ2v) is 11.3. The lowest BCUT2D eigenvalue weighted by atomic mass is 9.38. The van der Waals surface area contributed by atoms with Crippen molar-refractivity contribution in [2.45, 2.75) is 78.9 Å². The average molecular weight is 417 g/mol. The summed E-state index contributed by atoms with van der Waals surface area (Å²) in [7, 11) is 0. The predicted molar refractivity (Wildman–Crippen MR) is 113 cm³/mol. The van der Waals surface area contributed by atoms with Crippen LogP contribution in [0.4, 0.5) is 0 Å². The van der Waals surface area contributed by atoms with Crippen LogP contribution >= 0.6 is 0 Å². The monoisotopic (exact) mass is 416 g/mol. The molecule has 0 spiro atoms. The minimum Gasteiger partial charge on any atom is -0.481 e. The summed E-state index contributed by atoms with van der Waals surface area (Å²) >= 11 is 0. The van der Waals surface area contributed by atoms with Gasteiger partial charge in [0.2, 0.25) is 6.29 Å². The van der Waals surface area contributed by atoms with Crippen molar-refractivity contribution in [2.24, 2.45) is 39.9 Å². The molecule has 2 N–H and O–H groups in total. The average Bonchev–Trinajstić information content (AvgIpc) is 2.95. The molecule has 0 radical (unpaired) electrons. The zero-order valence-electron chi connectivity index (χ0n) is 18.7. The lowest BCUT2D eigenvalue weighted by Gasteiger charge is -2.66. The number of hydrogen-bond acceptors (Lipinski definition) is 4. The van der Waals surface area contributed by atoms with Gasteiger partial charge in [-0.3, -0.25) is 4.79 Å². The number of allylic oxidation sites excluding steroid dienone is 1. The summed E-state index contributed by atoms with van der Waals surface area (Å²) in [4.78, 5) is 23.6. The highest BCUT2D eigenvalue weighted by molar-refractivity contribution is 5.86. The lowest BCUT2D eigenvalue weighted by molar-refractivity contribution is -0.177. The van der Waals surface area contributed by atoms with Gasteiger partial charge in [-0.2, -0.15) is 0 Å². The highest BCUT2D eigenvalue weighted by atomic mass is 16.6. The van der Waals surface area contributed by atoms with E-state index in [2.05, 4.69) is 27.7 Å². The van der Waals surface area contributed by atoms with Gasteiger partial charge in [-0.1, -0.05) is 46.3 Å². The molecule has 0 saturated heterocycles. The molecule has 4 rings (SSSR count). The van der Waals surface area contributed by atoms with Crippen molar-refractivity contribution in [2.75, 3.05) is 0 Å². The van der Waals surface area contributed by atoms with Crippen molar-refractivity contribution in [1.82, 2.24) is 0 Å². The Morgan fingerprint density at radius 3 is 2.43 bits per heavy atom. The molecule has 7 atom stereocenters. The van der Waals surface area contributed by atoms with Gasteiger partial charge in [0.25, 0.3) is 0 Å². The first kappa shape index (κ1) is 21.6. The normalized spacial score (nSPS) is 45.4. The maximum Gasteiger partial charge on any atom is 0.333 e. The first-order chi connectivity index (χ1) is 14.0. The molecule has 0 bridgehead atoms. The molecule has 1 unspecified atom stereocenters. The van der Waals surface area contributed by atoms with Crippen LogP contribution in [0.5, 0.6) is 0 Å². The standard InChI is InChI=1S/C25H36O5/c1-23(2)11-5-12-25(4)18(23)10-13-24(3)17(16(21(27)28)7-9-19(24)25)8-6-15-14-20(26)30-22(15)29/h6,8,14,16-19,22,29H,5,7,9-13H2,1-4H3,(H,27,28)/b8-6+/t16-,17+,18-,19-,22?,24-,25-/m0/s1. The largest absolute Gasteiger partial charge is 0.481 e. The van der Waals surface area contributed by atoms with Crippen molar-refractivity contribution in [3.8, 4) is 0 Å². The van der Waals surface area contributed by atoms with E-state index in [9.17, 15) is 19.8 Å². The molecule has 1 heterocycles. The summed E-state index contributed by atoms with van der Waals surface area (Å²) in [6, 6.07) is 0. The maximum absolute atomic E-state index is 12.2. The van der Waals surface area contributed by atoms with E-state index in [0.29, 0.717) is 29.2 Å². The fraction of sp³-hybridized carbons (Fsp3) is 0.760. The molecule has 4 aliphatic rings. The van der Waals surface area contributed by atoms with Gasteiger partial charge in [0.15, 0.2) is 0 Å². The number of carboxylic acids is 1. The Balaban J connectivity index is 1.70. The van der Waals surface area contributed by atoms with Crippen molar-refractivity contribution in [1.29, 1.82) is 0 Å². The summed E-state index contributed by atoms with van der Waals surface area (Å²) in [6.07, 6.45) is 11.3. The van der Waals surface area contributed by atoms with E-state index >= 15 is 0 Å². The van der Waals surface area contributed by atoms with Gasteiger partial charge < -0.3 is 14.9 Å². The first-order valence-electron chi connectivity index (χ1n) is 11.5. The number of esters is 1. The van der Waals surface area contributed by atoms with Crippen LogP contribution in [0.15, 0.2) is 23.8 Å². The van der Waals surface area contributed by atoms with Crippen LogP contribution in [0.3, 0.4) is 0 Å². The Morgan fingerprint density at radius 1 is 1.07 bits per heavy atom. The second-order valence-electron chi connectivity index (χ2n) is 11.3. The van der Waals surface area contributed by atoms with E-state index in [1.807, 2.05) is 6.08 Å². The molecule has 166 valence electrons. The molecule has 0 amide bonds. The van der Waals surface area contributed by atoms with E-state index in [1.54, 1.807) is 6.08 Å². The van der Waals surface area contributed by atoms with Gasteiger partial charge >= 0.3 is 11.9 Å². The maximum atomic E-state index is 12.2. The fourth-order valence-corrected chi connectivity index (χ4v) is 8.13. The molecule has 1 aliphatic heterocycles. The van der Waals surface area contributed by atoms with E-state index in [1.165, 1.54) is 25.3 Å². The highest BCUT2D eigenvalue weighted by Gasteiger charge is 2.62. The number of fused-ring (bicyclic) bond motifs is 3. The summed E-state index contributed by atoms with van der Waals surface area (Å²) < 4.78 is 4.79. The molecule has 3 saturated carbocycles. The van der Waals surface area contributed by atoms with E-state index in [0.717, 1.165) is 19.3 Å². The number of aliphatic hydroxyl groups excluding tert-OH is 1. The summed E-state index contributed by atoms with van der Waals surface area (Å²) in [5.41, 5.74) is 0.870. The molecule has 0 aromatic rings. The second kappa shape index (κ2) is 7.22. The van der Waals surface area contributed by atoms with Crippen molar-refractivity contribution in [3.63, 3.8) is 0 Å². The lowest BCUT2D eigenvalue weighted by Crippen LogP contribution is -2.59. The number of carbonyl (C=O) groups excluding carboxylic acids is 1.